The van der Waals surface area contributed by atoms with Crippen molar-refractivity contribution in [2.45, 2.75) is 58.5 Å². The number of carbonyl (C=O) groups is 2. The Morgan fingerprint density at radius 3 is 2.73 bits per heavy atom. The standard InChI is InChI=1S/C24H31F3N4O2/c1-3-4-5-6-12-28-22(32)18-9-8-13-30(16-18)23(33)21-15-29-31(17(21)2)20-11-7-10-19(14-20)24(25,26)27/h7,10-11,14-15,18H,3-6,8-9,12-13,16H2,1-2H3,(H,28,32). The van der Waals surface area contributed by atoms with E-state index in [-0.39, 0.29) is 23.4 Å². The average molecular weight is 465 g/mol. The lowest BCUT2D eigenvalue weighted by atomic mass is 9.96. The largest absolute Gasteiger partial charge is 0.416 e. The first-order valence-electron chi connectivity index (χ1n) is 11.5. The van der Waals surface area contributed by atoms with Gasteiger partial charge in [0.1, 0.15) is 0 Å². The van der Waals surface area contributed by atoms with Crippen molar-refractivity contribution >= 4 is 11.8 Å². The van der Waals surface area contributed by atoms with Crippen LogP contribution in [0.1, 0.15) is 67.1 Å². The minimum absolute atomic E-state index is 0.0274. The fourth-order valence-electron chi connectivity index (χ4n) is 4.15. The van der Waals surface area contributed by atoms with Gasteiger partial charge in [-0.05, 0) is 44.4 Å². The number of hydrogen-bond donors (Lipinski definition) is 1. The van der Waals surface area contributed by atoms with Crippen molar-refractivity contribution < 1.29 is 22.8 Å². The number of carbonyl (C=O) groups excluding carboxylic acids is 2. The van der Waals surface area contributed by atoms with Crippen LogP contribution in [-0.4, -0.2) is 46.1 Å². The first-order chi connectivity index (χ1) is 15.7. The first kappa shape index (κ1) is 24.8. The van der Waals surface area contributed by atoms with Crippen molar-refractivity contribution in [3.05, 3.63) is 47.3 Å². The predicted molar refractivity (Wildman–Crippen MR) is 119 cm³/mol. The van der Waals surface area contributed by atoms with Gasteiger partial charge in [-0.15, -0.1) is 0 Å². The number of nitrogens with zero attached hydrogens (tertiary/aromatic N) is 3. The fourth-order valence-corrected chi connectivity index (χ4v) is 4.15. The molecule has 1 aliphatic rings. The Hall–Kier alpha value is -2.84. The highest BCUT2D eigenvalue weighted by Gasteiger charge is 2.32. The Bertz CT molecular complexity index is 971. The van der Waals surface area contributed by atoms with Gasteiger partial charge in [-0.2, -0.15) is 18.3 Å². The van der Waals surface area contributed by atoms with Crippen molar-refractivity contribution in [2.24, 2.45) is 5.92 Å². The number of rotatable bonds is 8. The number of piperidine rings is 1. The highest BCUT2D eigenvalue weighted by atomic mass is 19.4. The number of amides is 2. The molecule has 9 heteroatoms. The van der Waals surface area contributed by atoms with Crippen molar-refractivity contribution in [2.75, 3.05) is 19.6 Å². The fraction of sp³-hybridized carbons (Fsp3) is 0.542. The summed E-state index contributed by atoms with van der Waals surface area (Å²) in [7, 11) is 0. The molecule has 1 N–H and O–H groups in total. The van der Waals surface area contributed by atoms with Gasteiger partial charge in [0.05, 0.1) is 34.6 Å². The maximum Gasteiger partial charge on any atom is 0.416 e. The van der Waals surface area contributed by atoms with Crippen LogP contribution in [0.5, 0.6) is 0 Å². The molecule has 2 aromatic rings. The number of hydrogen-bond acceptors (Lipinski definition) is 3. The van der Waals surface area contributed by atoms with Crippen molar-refractivity contribution in [1.29, 1.82) is 0 Å². The summed E-state index contributed by atoms with van der Waals surface area (Å²) in [5.41, 5.74) is 0.248. The molecule has 2 heterocycles. The molecule has 2 amide bonds. The van der Waals surface area contributed by atoms with Crippen LogP contribution in [0, 0.1) is 12.8 Å². The Kier molecular flexibility index (Phi) is 8.15. The minimum atomic E-state index is -4.46. The Morgan fingerprint density at radius 2 is 2.00 bits per heavy atom. The molecule has 0 aliphatic carbocycles. The topological polar surface area (TPSA) is 67.2 Å². The normalized spacial score (nSPS) is 16.6. The lowest BCUT2D eigenvalue weighted by molar-refractivity contribution is -0.137. The zero-order valence-corrected chi connectivity index (χ0v) is 19.1. The van der Waals surface area contributed by atoms with Crippen molar-refractivity contribution in [3.63, 3.8) is 0 Å². The van der Waals surface area contributed by atoms with E-state index in [0.717, 1.165) is 50.7 Å². The maximum absolute atomic E-state index is 13.2. The van der Waals surface area contributed by atoms with Crippen LogP contribution in [0.15, 0.2) is 30.5 Å². The molecule has 1 aromatic carbocycles. The number of benzene rings is 1. The third-order valence-corrected chi connectivity index (χ3v) is 6.07. The molecule has 1 aromatic heterocycles. The molecule has 0 saturated carbocycles. The van der Waals surface area contributed by atoms with Crippen molar-refractivity contribution in [3.8, 4) is 5.69 Å². The SMILES string of the molecule is CCCCCCNC(=O)C1CCCN(C(=O)c2cnn(-c3cccc(C(F)(F)F)c3)c2C)C1. The Balaban J connectivity index is 1.67. The van der Waals surface area contributed by atoms with E-state index in [1.54, 1.807) is 11.8 Å². The number of nitrogens with one attached hydrogen (secondary N) is 1. The molecule has 1 fully saturated rings. The maximum atomic E-state index is 13.2. The van der Waals surface area contributed by atoms with Gasteiger partial charge in [-0.3, -0.25) is 9.59 Å². The van der Waals surface area contributed by atoms with Gasteiger partial charge in [0.15, 0.2) is 0 Å². The van der Waals surface area contributed by atoms with Crippen LogP contribution < -0.4 is 5.32 Å². The summed E-state index contributed by atoms with van der Waals surface area (Å²) in [6, 6.07) is 4.84. The van der Waals surface area contributed by atoms with Gasteiger partial charge in [-0.1, -0.05) is 32.3 Å². The van der Waals surface area contributed by atoms with Crippen LogP contribution in [0.4, 0.5) is 13.2 Å². The van der Waals surface area contributed by atoms with E-state index in [1.165, 1.54) is 23.0 Å². The summed E-state index contributed by atoms with van der Waals surface area (Å²) in [4.78, 5) is 27.3. The number of likely N-dealkylation sites (tertiary alicyclic amines) is 1. The molecule has 1 unspecified atom stereocenters. The van der Waals surface area contributed by atoms with Crippen LogP contribution in [-0.2, 0) is 11.0 Å². The summed E-state index contributed by atoms with van der Waals surface area (Å²) in [5, 5.41) is 7.15. The number of unbranched alkanes of at least 4 members (excludes halogenated alkanes) is 3. The van der Waals surface area contributed by atoms with Crippen LogP contribution in [0.3, 0.4) is 0 Å². The molecule has 1 aliphatic heterocycles. The second-order valence-electron chi connectivity index (χ2n) is 8.55. The molecular formula is C24H31F3N4O2. The van der Waals surface area contributed by atoms with E-state index in [4.69, 9.17) is 0 Å². The molecule has 3 rings (SSSR count). The van der Waals surface area contributed by atoms with Crippen LogP contribution in [0.2, 0.25) is 0 Å². The molecule has 1 atom stereocenters. The predicted octanol–water partition coefficient (Wildman–Crippen LogP) is 4.75. The molecule has 180 valence electrons. The van der Waals surface area contributed by atoms with Gasteiger partial charge >= 0.3 is 6.18 Å². The van der Waals surface area contributed by atoms with E-state index < -0.39 is 11.7 Å². The quantitative estimate of drug-likeness (QED) is 0.574. The highest BCUT2D eigenvalue weighted by molar-refractivity contribution is 5.95. The second kappa shape index (κ2) is 10.9. The number of halogens is 3. The zero-order chi connectivity index (χ0) is 24.0. The molecule has 33 heavy (non-hydrogen) atoms. The summed E-state index contributed by atoms with van der Waals surface area (Å²) in [6.45, 7) is 5.30. The Labute approximate surface area is 192 Å². The van der Waals surface area contributed by atoms with E-state index in [1.807, 2.05) is 0 Å². The molecule has 6 nitrogen and oxygen atoms in total. The zero-order valence-electron chi connectivity index (χ0n) is 19.1. The van der Waals surface area contributed by atoms with Crippen LogP contribution >= 0.6 is 0 Å². The lowest BCUT2D eigenvalue weighted by Gasteiger charge is -2.32. The van der Waals surface area contributed by atoms with Gasteiger partial charge in [0.2, 0.25) is 5.91 Å². The monoisotopic (exact) mass is 464 g/mol. The highest BCUT2D eigenvalue weighted by Crippen LogP contribution is 2.30. The number of aromatic nitrogens is 2. The van der Waals surface area contributed by atoms with Crippen molar-refractivity contribution in [1.82, 2.24) is 20.0 Å². The van der Waals surface area contributed by atoms with E-state index in [9.17, 15) is 22.8 Å². The lowest BCUT2D eigenvalue weighted by Crippen LogP contribution is -2.45. The summed E-state index contributed by atoms with van der Waals surface area (Å²) < 4.78 is 40.6. The van der Waals surface area contributed by atoms with E-state index in [0.29, 0.717) is 30.9 Å². The number of alkyl halides is 3. The average Bonchev–Trinajstić information content (AvgIpc) is 3.19. The smallest absolute Gasteiger partial charge is 0.356 e. The van der Waals surface area contributed by atoms with E-state index in [2.05, 4.69) is 17.3 Å². The van der Waals surface area contributed by atoms with Gasteiger partial charge < -0.3 is 10.2 Å². The molecule has 0 radical (unpaired) electrons. The molecule has 0 bridgehead atoms. The van der Waals surface area contributed by atoms with Gasteiger partial charge in [-0.25, -0.2) is 4.68 Å². The third kappa shape index (κ3) is 6.15. The summed E-state index contributed by atoms with van der Waals surface area (Å²) in [5.74, 6) is -0.542. The molecule has 0 spiro atoms. The van der Waals surface area contributed by atoms with Gasteiger partial charge in [0, 0.05) is 19.6 Å². The van der Waals surface area contributed by atoms with E-state index >= 15 is 0 Å². The Morgan fingerprint density at radius 1 is 1.21 bits per heavy atom. The minimum Gasteiger partial charge on any atom is -0.356 e. The van der Waals surface area contributed by atoms with Gasteiger partial charge in [0.25, 0.3) is 5.91 Å². The molecular weight excluding hydrogens is 433 g/mol. The van der Waals surface area contributed by atoms with Crippen LogP contribution in [0.25, 0.3) is 5.69 Å². The second-order valence-corrected chi connectivity index (χ2v) is 8.55. The molecule has 1 saturated heterocycles. The summed E-state index contributed by atoms with van der Waals surface area (Å²) in [6.07, 6.45) is 2.69. The third-order valence-electron chi connectivity index (χ3n) is 6.07. The summed E-state index contributed by atoms with van der Waals surface area (Å²) >= 11 is 0. The first-order valence-corrected chi connectivity index (χ1v) is 11.5.